The molecule has 0 saturated carbocycles. The van der Waals surface area contributed by atoms with Gasteiger partial charge in [-0.1, -0.05) is 34.1 Å². The van der Waals surface area contributed by atoms with Crippen LogP contribution in [0.25, 0.3) is 0 Å². The topological polar surface area (TPSA) is 18.5 Å². The fourth-order valence-electron chi connectivity index (χ4n) is 3.03. The lowest BCUT2D eigenvalue weighted by Gasteiger charge is -2.44. The van der Waals surface area contributed by atoms with Crippen LogP contribution in [0.5, 0.6) is 0 Å². The first-order valence-electron chi connectivity index (χ1n) is 7.19. The van der Waals surface area contributed by atoms with E-state index in [9.17, 15) is 0 Å². The van der Waals surface area contributed by atoms with Gasteiger partial charge in [-0.05, 0) is 18.6 Å². The molecule has 0 spiro atoms. The number of nitrogens with zero attached hydrogens (tertiary/aromatic N) is 2. The highest BCUT2D eigenvalue weighted by molar-refractivity contribution is 9.10. The van der Waals surface area contributed by atoms with Crippen LogP contribution in [0, 0.1) is 0 Å². The molecular weight excluding hydrogens is 302 g/mol. The molecule has 1 aromatic rings. The van der Waals surface area contributed by atoms with Gasteiger partial charge < -0.3 is 5.32 Å². The van der Waals surface area contributed by atoms with Crippen molar-refractivity contribution in [3.05, 3.63) is 34.3 Å². The Morgan fingerprint density at radius 3 is 2.42 bits per heavy atom. The number of benzene rings is 1. The zero-order valence-electron chi connectivity index (χ0n) is 11.5. The Balaban J connectivity index is 1.60. The van der Waals surface area contributed by atoms with Gasteiger partial charge in [0, 0.05) is 55.8 Å². The zero-order chi connectivity index (χ0) is 13.2. The molecule has 0 radical (unpaired) electrons. The normalized spacial score (nSPS) is 24.1. The third-order valence-corrected chi connectivity index (χ3v) is 5.25. The Kier molecular flexibility index (Phi) is 4.22. The van der Waals surface area contributed by atoms with Gasteiger partial charge in [-0.15, -0.1) is 0 Å². The van der Waals surface area contributed by atoms with Crippen LogP contribution >= 0.6 is 15.9 Å². The summed E-state index contributed by atoms with van der Waals surface area (Å²) < 4.78 is 1.23. The van der Waals surface area contributed by atoms with Gasteiger partial charge in [-0.25, -0.2) is 0 Å². The average molecular weight is 324 g/mol. The Morgan fingerprint density at radius 2 is 1.84 bits per heavy atom. The standard InChI is InChI=1S/C15H22BrN3/c1-12(14-4-2-3-5-15(14)16)18-6-8-19(9-7-18)13-10-17-11-13/h2-5,12-13,17H,6-11H2,1H3. The summed E-state index contributed by atoms with van der Waals surface area (Å²) in [6.07, 6.45) is 0. The van der Waals surface area contributed by atoms with Gasteiger partial charge in [0.2, 0.25) is 0 Å². The van der Waals surface area contributed by atoms with Crippen LogP contribution in [-0.2, 0) is 0 Å². The van der Waals surface area contributed by atoms with E-state index in [0.29, 0.717) is 6.04 Å². The van der Waals surface area contributed by atoms with Gasteiger partial charge in [-0.2, -0.15) is 0 Å². The van der Waals surface area contributed by atoms with Crippen molar-refractivity contribution < 1.29 is 0 Å². The molecule has 2 saturated heterocycles. The highest BCUT2D eigenvalue weighted by Crippen LogP contribution is 2.28. The molecule has 0 aliphatic carbocycles. The second-order valence-corrected chi connectivity index (χ2v) is 6.44. The summed E-state index contributed by atoms with van der Waals surface area (Å²) in [6.45, 7) is 9.46. The molecule has 1 N–H and O–H groups in total. The quantitative estimate of drug-likeness (QED) is 0.919. The van der Waals surface area contributed by atoms with Crippen molar-refractivity contribution in [3.63, 3.8) is 0 Å². The number of halogens is 1. The molecule has 19 heavy (non-hydrogen) atoms. The Morgan fingerprint density at radius 1 is 1.16 bits per heavy atom. The number of hydrogen-bond donors (Lipinski definition) is 1. The number of nitrogens with one attached hydrogen (secondary N) is 1. The summed E-state index contributed by atoms with van der Waals surface area (Å²) in [4.78, 5) is 5.24. The Hall–Kier alpha value is -0.420. The third-order valence-electron chi connectivity index (χ3n) is 4.53. The first-order valence-corrected chi connectivity index (χ1v) is 7.98. The van der Waals surface area contributed by atoms with Crippen molar-refractivity contribution in [1.29, 1.82) is 0 Å². The van der Waals surface area contributed by atoms with Crippen LogP contribution in [0.1, 0.15) is 18.5 Å². The van der Waals surface area contributed by atoms with E-state index < -0.39 is 0 Å². The lowest BCUT2D eigenvalue weighted by molar-refractivity contribution is 0.0551. The van der Waals surface area contributed by atoms with Crippen LogP contribution in [0.2, 0.25) is 0 Å². The zero-order valence-corrected chi connectivity index (χ0v) is 13.1. The summed E-state index contributed by atoms with van der Waals surface area (Å²) in [5.74, 6) is 0. The van der Waals surface area contributed by atoms with E-state index in [4.69, 9.17) is 0 Å². The predicted molar refractivity (Wildman–Crippen MR) is 82.4 cm³/mol. The maximum atomic E-state index is 3.67. The molecule has 0 amide bonds. The molecule has 1 unspecified atom stereocenters. The van der Waals surface area contributed by atoms with E-state index >= 15 is 0 Å². The van der Waals surface area contributed by atoms with E-state index in [1.807, 2.05) is 0 Å². The molecule has 104 valence electrons. The van der Waals surface area contributed by atoms with Crippen molar-refractivity contribution in [3.8, 4) is 0 Å². The highest BCUT2D eigenvalue weighted by Gasteiger charge is 2.29. The van der Waals surface area contributed by atoms with Crippen molar-refractivity contribution >= 4 is 15.9 Å². The first-order chi connectivity index (χ1) is 9.25. The van der Waals surface area contributed by atoms with E-state index in [-0.39, 0.29) is 0 Å². The lowest BCUT2D eigenvalue weighted by atomic mass is 10.0. The number of hydrogen-bond acceptors (Lipinski definition) is 3. The molecule has 3 rings (SSSR count). The molecular formula is C15H22BrN3. The molecule has 2 aliphatic heterocycles. The lowest BCUT2D eigenvalue weighted by Crippen LogP contribution is -2.61. The predicted octanol–water partition coefficient (Wildman–Crippen LogP) is 2.10. The Bertz CT molecular complexity index is 425. The van der Waals surface area contributed by atoms with Gasteiger partial charge >= 0.3 is 0 Å². The summed E-state index contributed by atoms with van der Waals surface area (Å²) in [5, 5.41) is 3.36. The van der Waals surface area contributed by atoms with E-state index in [2.05, 4.69) is 62.2 Å². The van der Waals surface area contributed by atoms with Crippen LogP contribution in [-0.4, -0.2) is 55.1 Å². The van der Waals surface area contributed by atoms with Crippen LogP contribution in [0.4, 0.5) is 0 Å². The van der Waals surface area contributed by atoms with Crippen LogP contribution in [0.3, 0.4) is 0 Å². The van der Waals surface area contributed by atoms with Gasteiger partial charge in [0.1, 0.15) is 0 Å². The molecule has 0 aromatic heterocycles. The van der Waals surface area contributed by atoms with Crippen molar-refractivity contribution in [2.45, 2.75) is 19.0 Å². The van der Waals surface area contributed by atoms with Crippen LogP contribution in [0.15, 0.2) is 28.7 Å². The van der Waals surface area contributed by atoms with Gasteiger partial charge in [0.25, 0.3) is 0 Å². The average Bonchev–Trinajstić information content (AvgIpc) is 2.37. The maximum Gasteiger partial charge on any atom is 0.0346 e. The second kappa shape index (κ2) is 5.92. The van der Waals surface area contributed by atoms with Gasteiger partial charge in [0.05, 0.1) is 0 Å². The van der Waals surface area contributed by atoms with Crippen molar-refractivity contribution in [2.24, 2.45) is 0 Å². The van der Waals surface area contributed by atoms with E-state index in [1.165, 1.54) is 49.3 Å². The summed E-state index contributed by atoms with van der Waals surface area (Å²) >= 11 is 3.67. The van der Waals surface area contributed by atoms with Gasteiger partial charge in [-0.3, -0.25) is 9.80 Å². The molecule has 2 fully saturated rings. The van der Waals surface area contributed by atoms with E-state index in [0.717, 1.165) is 6.04 Å². The minimum absolute atomic E-state index is 0.497. The number of piperazine rings is 1. The van der Waals surface area contributed by atoms with Crippen molar-refractivity contribution in [2.75, 3.05) is 39.3 Å². The monoisotopic (exact) mass is 323 g/mol. The maximum absolute atomic E-state index is 3.67. The molecule has 3 nitrogen and oxygen atoms in total. The molecule has 4 heteroatoms. The minimum Gasteiger partial charge on any atom is -0.314 e. The fourth-order valence-corrected chi connectivity index (χ4v) is 3.65. The molecule has 2 heterocycles. The van der Waals surface area contributed by atoms with E-state index in [1.54, 1.807) is 0 Å². The summed E-state index contributed by atoms with van der Waals surface area (Å²) in [7, 11) is 0. The summed E-state index contributed by atoms with van der Waals surface area (Å²) in [5.41, 5.74) is 1.40. The first kappa shape index (κ1) is 13.6. The SMILES string of the molecule is CC(c1ccccc1Br)N1CCN(C2CNC2)CC1. The molecule has 1 atom stereocenters. The smallest absolute Gasteiger partial charge is 0.0346 e. The second-order valence-electron chi connectivity index (χ2n) is 5.58. The molecule has 1 aromatic carbocycles. The summed E-state index contributed by atoms with van der Waals surface area (Å²) in [6, 6.07) is 9.88. The van der Waals surface area contributed by atoms with Crippen LogP contribution < -0.4 is 5.32 Å². The van der Waals surface area contributed by atoms with Crippen molar-refractivity contribution in [1.82, 2.24) is 15.1 Å². The molecule has 2 aliphatic rings. The highest BCUT2D eigenvalue weighted by atomic mass is 79.9. The largest absolute Gasteiger partial charge is 0.314 e. The Labute approximate surface area is 124 Å². The fraction of sp³-hybridized carbons (Fsp3) is 0.600. The minimum atomic E-state index is 0.497. The number of rotatable bonds is 3. The third kappa shape index (κ3) is 2.87. The van der Waals surface area contributed by atoms with Gasteiger partial charge in [0.15, 0.2) is 0 Å². The molecule has 0 bridgehead atoms.